The summed E-state index contributed by atoms with van der Waals surface area (Å²) in [6.45, 7) is 0. The van der Waals surface area contributed by atoms with Crippen LogP contribution in [0.4, 0.5) is 0 Å². The minimum absolute atomic E-state index is 0.185. The van der Waals surface area contributed by atoms with Crippen molar-refractivity contribution in [2.75, 3.05) is 0 Å². The van der Waals surface area contributed by atoms with Gasteiger partial charge in [-0.05, 0) is 31.2 Å². The summed E-state index contributed by atoms with van der Waals surface area (Å²) in [5, 5.41) is 0. The van der Waals surface area contributed by atoms with Gasteiger partial charge in [0, 0.05) is 6.04 Å². The molecule has 0 spiro atoms. The SMILES string of the molecule is NC1CCC(Br)(c2ccccc2)CC1. The number of alkyl halides is 1. The predicted octanol–water partition coefficient (Wildman–Crippen LogP) is 3.18. The maximum atomic E-state index is 5.91. The minimum Gasteiger partial charge on any atom is -0.328 e. The van der Waals surface area contributed by atoms with Crippen molar-refractivity contribution in [2.24, 2.45) is 5.73 Å². The van der Waals surface area contributed by atoms with Gasteiger partial charge in [0.1, 0.15) is 0 Å². The fourth-order valence-corrected chi connectivity index (χ4v) is 2.85. The van der Waals surface area contributed by atoms with Gasteiger partial charge in [0.2, 0.25) is 0 Å². The number of rotatable bonds is 1. The van der Waals surface area contributed by atoms with E-state index in [1.807, 2.05) is 0 Å². The van der Waals surface area contributed by atoms with Crippen LogP contribution in [-0.2, 0) is 4.32 Å². The van der Waals surface area contributed by atoms with Gasteiger partial charge in [-0.3, -0.25) is 0 Å². The Morgan fingerprint density at radius 1 is 1.14 bits per heavy atom. The molecule has 0 saturated heterocycles. The highest BCUT2D eigenvalue weighted by molar-refractivity contribution is 9.09. The van der Waals surface area contributed by atoms with Crippen molar-refractivity contribution >= 4 is 15.9 Å². The molecule has 0 atom stereocenters. The summed E-state index contributed by atoms with van der Waals surface area (Å²) in [5.41, 5.74) is 7.31. The second-order valence-electron chi connectivity index (χ2n) is 4.17. The molecule has 1 aromatic rings. The van der Waals surface area contributed by atoms with Crippen molar-refractivity contribution in [3.8, 4) is 0 Å². The van der Waals surface area contributed by atoms with Gasteiger partial charge in [0.05, 0.1) is 4.32 Å². The number of nitrogens with two attached hydrogens (primary N) is 1. The lowest BCUT2D eigenvalue weighted by molar-refractivity contribution is 0.373. The maximum Gasteiger partial charge on any atom is 0.0507 e. The second-order valence-corrected chi connectivity index (χ2v) is 5.69. The molecule has 76 valence electrons. The number of hydrogen-bond acceptors (Lipinski definition) is 1. The third kappa shape index (κ3) is 2.01. The Morgan fingerprint density at radius 3 is 2.29 bits per heavy atom. The van der Waals surface area contributed by atoms with Gasteiger partial charge in [-0.15, -0.1) is 0 Å². The van der Waals surface area contributed by atoms with Crippen LogP contribution in [0.3, 0.4) is 0 Å². The molecule has 1 fully saturated rings. The fraction of sp³-hybridized carbons (Fsp3) is 0.500. The molecule has 1 aliphatic rings. The van der Waals surface area contributed by atoms with Crippen molar-refractivity contribution < 1.29 is 0 Å². The van der Waals surface area contributed by atoms with Crippen LogP contribution in [0.1, 0.15) is 31.2 Å². The molecular formula is C12H16BrN. The third-order valence-electron chi connectivity index (χ3n) is 3.11. The van der Waals surface area contributed by atoms with E-state index in [-0.39, 0.29) is 4.32 Å². The first-order valence-corrected chi connectivity index (χ1v) is 6.00. The highest BCUT2D eigenvalue weighted by Crippen LogP contribution is 2.44. The van der Waals surface area contributed by atoms with E-state index in [1.54, 1.807) is 0 Å². The van der Waals surface area contributed by atoms with Crippen LogP contribution in [0, 0.1) is 0 Å². The van der Waals surface area contributed by atoms with Gasteiger partial charge in [-0.1, -0.05) is 46.3 Å². The molecule has 2 heteroatoms. The summed E-state index contributed by atoms with van der Waals surface area (Å²) in [6.07, 6.45) is 4.55. The summed E-state index contributed by atoms with van der Waals surface area (Å²) in [7, 11) is 0. The van der Waals surface area contributed by atoms with E-state index in [1.165, 1.54) is 5.56 Å². The molecule has 0 unspecified atom stereocenters. The second kappa shape index (κ2) is 4.03. The Balaban J connectivity index is 2.17. The highest BCUT2D eigenvalue weighted by Gasteiger charge is 2.32. The molecule has 0 bridgehead atoms. The zero-order valence-corrected chi connectivity index (χ0v) is 9.83. The summed E-state index contributed by atoms with van der Waals surface area (Å²) in [4.78, 5) is 0. The monoisotopic (exact) mass is 253 g/mol. The van der Waals surface area contributed by atoms with Crippen LogP contribution in [-0.4, -0.2) is 6.04 Å². The number of hydrogen-bond donors (Lipinski definition) is 1. The van der Waals surface area contributed by atoms with Gasteiger partial charge < -0.3 is 5.73 Å². The van der Waals surface area contributed by atoms with Gasteiger partial charge >= 0.3 is 0 Å². The molecule has 1 aromatic carbocycles. The quantitative estimate of drug-likeness (QED) is 0.765. The van der Waals surface area contributed by atoms with E-state index >= 15 is 0 Å². The zero-order valence-electron chi connectivity index (χ0n) is 8.25. The summed E-state index contributed by atoms with van der Waals surface area (Å²) in [5.74, 6) is 0. The van der Waals surface area contributed by atoms with Crippen LogP contribution < -0.4 is 5.73 Å². The predicted molar refractivity (Wildman–Crippen MR) is 63.5 cm³/mol. The smallest absolute Gasteiger partial charge is 0.0507 e. The molecule has 1 aliphatic carbocycles. The Labute approximate surface area is 93.8 Å². The Morgan fingerprint density at radius 2 is 1.71 bits per heavy atom. The normalized spacial score (nSPS) is 32.9. The van der Waals surface area contributed by atoms with E-state index in [9.17, 15) is 0 Å². The molecule has 2 rings (SSSR count). The van der Waals surface area contributed by atoms with E-state index in [4.69, 9.17) is 5.73 Å². The molecule has 1 saturated carbocycles. The standard InChI is InChI=1S/C12H16BrN/c13-12(8-6-11(14)7-9-12)10-4-2-1-3-5-10/h1-5,11H,6-9,14H2. The van der Waals surface area contributed by atoms with Crippen LogP contribution >= 0.6 is 15.9 Å². The highest BCUT2D eigenvalue weighted by atomic mass is 79.9. The molecule has 0 aromatic heterocycles. The summed E-state index contributed by atoms with van der Waals surface area (Å²) >= 11 is 3.88. The van der Waals surface area contributed by atoms with E-state index < -0.39 is 0 Å². The lowest BCUT2D eigenvalue weighted by Gasteiger charge is -2.34. The molecular weight excluding hydrogens is 238 g/mol. The average molecular weight is 254 g/mol. The lowest BCUT2D eigenvalue weighted by atomic mass is 9.82. The van der Waals surface area contributed by atoms with Gasteiger partial charge in [0.25, 0.3) is 0 Å². The average Bonchev–Trinajstić information content (AvgIpc) is 2.24. The third-order valence-corrected chi connectivity index (χ3v) is 4.36. The largest absolute Gasteiger partial charge is 0.328 e. The number of halogens is 1. The molecule has 1 nitrogen and oxygen atoms in total. The van der Waals surface area contributed by atoms with E-state index in [2.05, 4.69) is 46.3 Å². The number of benzene rings is 1. The topological polar surface area (TPSA) is 26.0 Å². The molecule has 0 amide bonds. The van der Waals surface area contributed by atoms with Crippen LogP contribution in [0.15, 0.2) is 30.3 Å². The van der Waals surface area contributed by atoms with Gasteiger partial charge in [0.15, 0.2) is 0 Å². The first-order chi connectivity index (χ1) is 6.71. The van der Waals surface area contributed by atoms with Crippen molar-refractivity contribution in [1.29, 1.82) is 0 Å². The molecule has 0 radical (unpaired) electrons. The van der Waals surface area contributed by atoms with Crippen LogP contribution in [0.25, 0.3) is 0 Å². The maximum absolute atomic E-state index is 5.91. The van der Waals surface area contributed by atoms with Crippen molar-refractivity contribution in [1.82, 2.24) is 0 Å². The molecule has 0 aliphatic heterocycles. The lowest BCUT2D eigenvalue weighted by Crippen LogP contribution is -2.32. The summed E-state index contributed by atoms with van der Waals surface area (Å²) < 4.78 is 0.185. The van der Waals surface area contributed by atoms with Crippen molar-refractivity contribution in [2.45, 2.75) is 36.0 Å². The first kappa shape index (κ1) is 10.2. The van der Waals surface area contributed by atoms with Crippen LogP contribution in [0.5, 0.6) is 0 Å². The Hall–Kier alpha value is -0.340. The van der Waals surface area contributed by atoms with Crippen LogP contribution in [0.2, 0.25) is 0 Å². The molecule has 2 N–H and O–H groups in total. The van der Waals surface area contributed by atoms with Gasteiger partial charge in [-0.25, -0.2) is 0 Å². The van der Waals surface area contributed by atoms with Crippen molar-refractivity contribution in [3.05, 3.63) is 35.9 Å². The molecule has 0 heterocycles. The summed E-state index contributed by atoms with van der Waals surface area (Å²) in [6, 6.07) is 11.1. The first-order valence-electron chi connectivity index (χ1n) is 5.21. The van der Waals surface area contributed by atoms with E-state index in [0.717, 1.165) is 25.7 Å². The molecule has 14 heavy (non-hydrogen) atoms. The van der Waals surface area contributed by atoms with Crippen molar-refractivity contribution in [3.63, 3.8) is 0 Å². The Bertz CT molecular complexity index is 288. The van der Waals surface area contributed by atoms with E-state index in [0.29, 0.717) is 6.04 Å². The van der Waals surface area contributed by atoms with Gasteiger partial charge in [-0.2, -0.15) is 0 Å². The minimum atomic E-state index is 0.185. The Kier molecular flexibility index (Phi) is 2.93. The fourth-order valence-electron chi connectivity index (χ4n) is 2.12. The zero-order chi connectivity index (χ0) is 10.0.